The fourth-order valence-corrected chi connectivity index (χ4v) is 2.63. The van der Waals surface area contributed by atoms with Crippen molar-refractivity contribution in [2.45, 2.75) is 36.9 Å². The summed E-state index contributed by atoms with van der Waals surface area (Å²) in [6.45, 7) is 3.64. The molecule has 1 heterocycles. The number of nitrogens with one attached hydrogen (secondary N) is 1. The monoisotopic (exact) mass is 249 g/mol. The first-order chi connectivity index (χ1) is 7.00. The van der Waals surface area contributed by atoms with Crippen LogP contribution in [0, 0.1) is 0 Å². The molecule has 0 radical (unpaired) electrons. The van der Waals surface area contributed by atoms with E-state index in [0.717, 1.165) is 6.42 Å². The molecule has 0 aromatic heterocycles. The number of thioether (sulfide) groups is 1. The molecule has 1 aliphatic heterocycles. The van der Waals surface area contributed by atoms with Gasteiger partial charge in [-0.05, 0) is 6.42 Å². The highest BCUT2D eigenvalue weighted by atomic mass is 32.2. The van der Waals surface area contributed by atoms with Gasteiger partial charge < -0.3 is 4.74 Å². The predicted molar refractivity (Wildman–Crippen MR) is 62.8 cm³/mol. The van der Waals surface area contributed by atoms with E-state index in [2.05, 4.69) is 22.7 Å². The Hall–Kier alpha value is -0.200. The van der Waals surface area contributed by atoms with Gasteiger partial charge in [0.05, 0.1) is 0 Å². The Balaban J connectivity index is 2.47. The molecule has 1 N–H and O–H groups in total. The van der Waals surface area contributed by atoms with E-state index in [0.29, 0.717) is 5.75 Å². The zero-order chi connectivity index (χ0) is 11.5. The van der Waals surface area contributed by atoms with Gasteiger partial charge in [-0.15, -0.1) is 24.4 Å². The molecule has 2 atom stereocenters. The minimum Gasteiger partial charge on any atom is -0.392 e. The summed E-state index contributed by atoms with van der Waals surface area (Å²) >= 11 is 5.96. The molecule has 86 valence electrons. The summed E-state index contributed by atoms with van der Waals surface area (Å²) in [5.74, 6) is -0.397. The lowest BCUT2D eigenvalue weighted by Gasteiger charge is -2.20. The molecule has 0 aromatic rings. The van der Waals surface area contributed by atoms with Crippen LogP contribution in [0.2, 0.25) is 0 Å². The average Bonchev–Trinajstić information content (AvgIpc) is 2.62. The SMILES string of the molecule is CCC(=O)OC(=O)C1CSC(S)(CC)N1. The Morgan fingerprint density at radius 1 is 1.60 bits per heavy atom. The summed E-state index contributed by atoms with van der Waals surface area (Å²) in [4.78, 5) is 22.4. The van der Waals surface area contributed by atoms with Crippen molar-refractivity contribution in [1.82, 2.24) is 5.32 Å². The highest BCUT2D eigenvalue weighted by Crippen LogP contribution is 2.36. The van der Waals surface area contributed by atoms with Gasteiger partial charge in [-0.2, -0.15) is 0 Å². The van der Waals surface area contributed by atoms with Gasteiger partial charge in [0.2, 0.25) is 0 Å². The molecular weight excluding hydrogens is 234 g/mol. The van der Waals surface area contributed by atoms with Crippen molar-refractivity contribution >= 4 is 36.3 Å². The molecule has 1 fully saturated rings. The maximum atomic E-state index is 11.5. The highest BCUT2D eigenvalue weighted by Gasteiger charge is 2.39. The molecule has 1 saturated heterocycles. The van der Waals surface area contributed by atoms with Crippen molar-refractivity contribution in [3.63, 3.8) is 0 Å². The van der Waals surface area contributed by atoms with E-state index in [1.807, 2.05) is 6.92 Å². The zero-order valence-corrected chi connectivity index (χ0v) is 10.5. The first-order valence-corrected chi connectivity index (χ1v) is 6.32. The van der Waals surface area contributed by atoms with Crippen LogP contribution in [-0.2, 0) is 14.3 Å². The molecule has 6 heteroatoms. The average molecular weight is 249 g/mol. The molecule has 0 spiro atoms. The van der Waals surface area contributed by atoms with Gasteiger partial charge in [0.15, 0.2) is 0 Å². The van der Waals surface area contributed by atoms with Crippen LogP contribution in [0.5, 0.6) is 0 Å². The van der Waals surface area contributed by atoms with E-state index < -0.39 is 18.0 Å². The number of ether oxygens (including phenoxy) is 1. The Bertz CT molecular complexity index is 272. The van der Waals surface area contributed by atoms with Crippen LogP contribution in [0.4, 0.5) is 0 Å². The fourth-order valence-electron chi connectivity index (χ4n) is 1.16. The van der Waals surface area contributed by atoms with Crippen LogP contribution in [0.25, 0.3) is 0 Å². The Labute approximate surface area is 98.9 Å². The maximum Gasteiger partial charge on any atom is 0.331 e. The zero-order valence-electron chi connectivity index (χ0n) is 8.78. The van der Waals surface area contributed by atoms with Crippen molar-refractivity contribution in [1.29, 1.82) is 0 Å². The van der Waals surface area contributed by atoms with Gasteiger partial charge in [0.25, 0.3) is 0 Å². The van der Waals surface area contributed by atoms with Gasteiger partial charge >= 0.3 is 11.9 Å². The molecule has 0 aliphatic carbocycles. The van der Waals surface area contributed by atoms with Gasteiger partial charge in [0, 0.05) is 12.2 Å². The molecule has 0 saturated carbocycles. The van der Waals surface area contributed by atoms with Crippen LogP contribution in [0.1, 0.15) is 26.7 Å². The van der Waals surface area contributed by atoms with Crippen LogP contribution in [-0.4, -0.2) is 27.9 Å². The second-order valence-electron chi connectivity index (χ2n) is 3.29. The number of hydrogen-bond acceptors (Lipinski definition) is 6. The Morgan fingerprint density at radius 2 is 2.27 bits per heavy atom. The number of hydrogen-bond donors (Lipinski definition) is 2. The van der Waals surface area contributed by atoms with Gasteiger partial charge in [-0.3, -0.25) is 10.1 Å². The number of esters is 2. The summed E-state index contributed by atoms with van der Waals surface area (Å²) in [5, 5.41) is 3.05. The fraction of sp³-hybridized carbons (Fsp3) is 0.778. The lowest BCUT2D eigenvalue weighted by atomic mass is 10.3. The lowest BCUT2D eigenvalue weighted by Crippen LogP contribution is -2.42. The van der Waals surface area contributed by atoms with Crippen molar-refractivity contribution in [3.05, 3.63) is 0 Å². The molecule has 1 rings (SSSR count). The third-order valence-electron chi connectivity index (χ3n) is 2.16. The third kappa shape index (κ3) is 3.39. The van der Waals surface area contributed by atoms with E-state index in [1.54, 1.807) is 18.7 Å². The lowest BCUT2D eigenvalue weighted by molar-refractivity contribution is -0.160. The molecule has 0 amide bonds. The summed E-state index contributed by atoms with van der Waals surface area (Å²) in [6.07, 6.45) is 1.01. The van der Waals surface area contributed by atoms with Gasteiger partial charge in [0.1, 0.15) is 10.2 Å². The standard InChI is InChI=1S/C9H15NO3S2/c1-3-7(11)13-8(12)6-5-15-9(14,4-2)10-6/h6,10,14H,3-5H2,1-2H3. The maximum absolute atomic E-state index is 11.5. The normalized spacial score (nSPS) is 30.2. The van der Waals surface area contributed by atoms with Crippen LogP contribution in [0.15, 0.2) is 0 Å². The number of carbonyl (C=O) groups excluding carboxylic acids is 2. The van der Waals surface area contributed by atoms with E-state index in [-0.39, 0.29) is 10.6 Å². The molecule has 1 aliphatic rings. The van der Waals surface area contributed by atoms with Gasteiger partial charge in [-0.1, -0.05) is 13.8 Å². The van der Waals surface area contributed by atoms with Gasteiger partial charge in [-0.25, -0.2) is 4.79 Å². The van der Waals surface area contributed by atoms with Crippen molar-refractivity contribution in [2.24, 2.45) is 0 Å². The molecular formula is C9H15NO3S2. The predicted octanol–water partition coefficient (Wildman–Crippen LogP) is 1.16. The molecule has 4 nitrogen and oxygen atoms in total. The topological polar surface area (TPSA) is 55.4 Å². The van der Waals surface area contributed by atoms with Crippen LogP contribution in [0.3, 0.4) is 0 Å². The van der Waals surface area contributed by atoms with E-state index in [9.17, 15) is 9.59 Å². The second kappa shape index (κ2) is 5.23. The quantitative estimate of drug-likeness (QED) is 0.447. The summed E-state index contributed by atoms with van der Waals surface area (Å²) < 4.78 is 4.26. The van der Waals surface area contributed by atoms with E-state index in [1.165, 1.54) is 0 Å². The second-order valence-corrected chi connectivity index (χ2v) is 5.68. The minimum absolute atomic E-state index is 0.214. The number of rotatable bonds is 3. The summed E-state index contributed by atoms with van der Waals surface area (Å²) in [7, 11) is 0. The number of carbonyl (C=O) groups is 2. The van der Waals surface area contributed by atoms with Crippen molar-refractivity contribution in [3.8, 4) is 0 Å². The van der Waals surface area contributed by atoms with Crippen molar-refractivity contribution < 1.29 is 14.3 Å². The Morgan fingerprint density at radius 3 is 2.73 bits per heavy atom. The summed E-state index contributed by atoms with van der Waals surface area (Å²) in [6, 6.07) is -0.428. The van der Waals surface area contributed by atoms with Crippen LogP contribution < -0.4 is 5.32 Å². The minimum atomic E-state index is -0.501. The Kier molecular flexibility index (Phi) is 4.48. The molecule has 15 heavy (non-hydrogen) atoms. The molecule has 0 aromatic carbocycles. The summed E-state index contributed by atoms with van der Waals surface area (Å²) in [5.41, 5.74) is 0. The smallest absolute Gasteiger partial charge is 0.331 e. The third-order valence-corrected chi connectivity index (χ3v) is 4.37. The van der Waals surface area contributed by atoms with E-state index in [4.69, 9.17) is 0 Å². The molecule has 0 bridgehead atoms. The van der Waals surface area contributed by atoms with Crippen LogP contribution >= 0.6 is 24.4 Å². The van der Waals surface area contributed by atoms with Crippen molar-refractivity contribution in [2.75, 3.05) is 5.75 Å². The molecule has 2 unspecified atom stereocenters. The first-order valence-electron chi connectivity index (χ1n) is 4.89. The number of thiol groups is 1. The van der Waals surface area contributed by atoms with E-state index >= 15 is 0 Å². The highest BCUT2D eigenvalue weighted by molar-refractivity contribution is 8.11. The first kappa shape index (κ1) is 12.9. The largest absolute Gasteiger partial charge is 0.392 e.